The van der Waals surface area contributed by atoms with Crippen molar-refractivity contribution >= 4 is 21.7 Å². The Labute approximate surface area is 92.1 Å². The smallest absolute Gasteiger partial charge is 0.147 e. The van der Waals surface area contributed by atoms with Crippen LogP contribution in [0.3, 0.4) is 0 Å². The van der Waals surface area contributed by atoms with Gasteiger partial charge in [0.05, 0.1) is 11.4 Å². The minimum atomic E-state index is -0.314. The van der Waals surface area contributed by atoms with Crippen molar-refractivity contribution in [3.05, 3.63) is 34.9 Å². The molecule has 0 aliphatic rings. The lowest BCUT2D eigenvalue weighted by atomic mass is 9.98. The molecule has 1 aromatic rings. The molecule has 0 fully saturated rings. The fraction of sp³-hybridized carbons (Fsp3) is 0.364. The molecule has 0 saturated heterocycles. The van der Waals surface area contributed by atoms with Crippen molar-refractivity contribution in [2.24, 2.45) is 0 Å². The summed E-state index contributed by atoms with van der Waals surface area (Å²) < 4.78 is 0. The highest BCUT2D eigenvalue weighted by atomic mass is 79.9. The van der Waals surface area contributed by atoms with E-state index < -0.39 is 0 Å². The summed E-state index contributed by atoms with van der Waals surface area (Å²) >= 11 is 3.33. The van der Waals surface area contributed by atoms with Crippen LogP contribution in [0.15, 0.2) is 18.2 Å². The molecule has 1 aromatic carbocycles. The van der Waals surface area contributed by atoms with Gasteiger partial charge < -0.3 is 5.11 Å². The third-order valence-corrected chi connectivity index (χ3v) is 3.30. The molecular formula is C11H13BrO2. The van der Waals surface area contributed by atoms with Crippen LogP contribution in [0.4, 0.5) is 0 Å². The highest BCUT2D eigenvalue weighted by molar-refractivity contribution is 9.09. The molecule has 0 radical (unpaired) electrons. The molecule has 0 spiro atoms. The molecular weight excluding hydrogens is 244 g/mol. The molecule has 14 heavy (non-hydrogen) atoms. The summed E-state index contributed by atoms with van der Waals surface area (Å²) in [6.45, 7) is 3.44. The van der Waals surface area contributed by atoms with E-state index in [2.05, 4.69) is 15.9 Å². The van der Waals surface area contributed by atoms with Gasteiger partial charge in [-0.2, -0.15) is 0 Å². The van der Waals surface area contributed by atoms with Gasteiger partial charge in [-0.25, -0.2) is 0 Å². The highest BCUT2D eigenvalue weighted by Crippen LogP contribution is 2.29. The summed E-state index contributed by atoms with van der Waals surface area (Å²) in [5.41, 5.74) is 2.72. The van der Waals surface area contributed by atoms with Crippen molar-refractivity contribution in [3.8, 4) is 0 Å². The monoisotopic (exact) mass is 256 g/mol. The maximum Gasteiger partial charge on any atom is 0.147 e. The standard InChI is InChI=1S/C11H13BrO2/c1-7-4-3-5-9(6-13)10(7)11(12)8(2)14/h3-5,11,13H,6H2,1-2H3. The molecule has 3 heteroatoms. The lowest BCUT2D eigenvalue weighted by Crippen LogP contribution is -2.07. The van der Waals surface area contributed by atoms with Crippen molar-refractivity contribution < 1.29 is 9.90 Å². The van der Waals surface area contributed by atoms with Crippen LogP contribution < -0.4 is 0 Å². The van der Waals surface area contributed by atoms with E-state index in [1.165, 1.54) is 6.92 Å². The maximum absolute atomic E-state index is 11.2. The number of Topliss-reactive ketones (excluding diaryl/α,β-unsaturated/α-hetero) is 1. The molecule has 0 amide bonds. The normalized spacial score (nSPS) is 12.6. The van der Waals surface area contributed by atoms with Crippen molar-refractivity contribution in [2.45, 2.75) is 25.3 Å². The molecule has 1 N–H and O–H groups in total. The van der Waals surface area contributed by atoms with Crippen LogP contribution in [-0.4, -0.2) is 10.9 Å². The summed E-state index contributed by atoms with van der Waals surface area (Å²) in [6, 6.07) is 5.65. The summed E-state index contributed by atoms with van der Waals surface area (Å²) in [4.78, 5) is 10.9. The number of aryl methyl sites for hydroxylation is 1. The molecule has 0 aliphatic heterocycles. The summed E-state index contributed by atoms with van der Waals surface area (Å²) in [5, 5.41) is 9.14. The molecule has 1 atom stereocenters. The van der Waals surface area contributed by atoms with Crippen LogP contribution in [0, 0.1) is 6.92 Å². The number of rotatable bonds is 3. The zero-order chi connectivity index (χ0) is 10.7. The number of alkyl halides is 1. The molecule has 1 rings (SSSR count). The lowest BCUT2D eigenvalue weighted by molar-refractivity contribution is -0.116. The number of hydrogen-bond donors (Lipinski definition) is 1. The third kappa shape index (κ3) is 2.22. The summed E-state index contributed by atoms with van der Waals surface area (Å²) in [7, 11) is 0. The van der Waals surface area contributed by atoms with Gasteiger partial charge in [-0.3, -0.25) is 4.79 Å². The topological polar surface area (TPSA) is 37.3 Å². The van der Waals surface area contributed by atoms with Crippen LogP contribution >= 0.6 is 15.9 Å². The number of hydrogen-bond acceptors (Lipinski definition) is 2. The van der Waals surface area contributed by atoms with Gasteiger partial charge in [0, 0.05) is 0 Å². The number of aliphatic hydroxyl groups is 1. The van der Waals surface area contributed by atoms with Gasteiger partial charge in [0.25, 0.3) is 0 Å². The molecule has 0 bridgehead atoms. The Morgan fingerprint density at radius 3 is 2.71 bits per heavy atom. The Balaban J connectivity index is 3.23. The number of carbonyl (C=O) groups excluding carboxylic acids is 1. The second kappa shape index (κ2) is 4.71. The minimum absolute atomic E-state index is 0.0353. The van der Waals surface area contributed by atoms with E-state index in [4.69, 9.17) is 5.11 Å². The Kier molecular flexibility index (Phi) is 3.84. The average molecular weight is 257 g/mol. The van der Waals surface area contributed by atoms with E-state index in [1.54, 1.807) is 0 Å². The highest BCUT2D eigenvalue weighted by Gasteiger charge is 2.17. The quantitative estimate of drug-likeness (QED) is 0.845. The van der Waals surface area contributed by atoms with Crippen LogP contribution in [-0.2, 0) is 11.4 Å². The van der Waals surface area contributed by atoms with E-state index in [0.717, 1.165) is 16.7 Å². The van der Waals surface area contributed by atoms with Gasteiger partial charge in [0.2, 0.25) is 0 Å². The van der Waals surface area contributed by atoms with Gasteiger partial charge in [-0.05, 0) is 30.5 Å². The van der Waals surface area contributed by atoms with Crippen LogP contribution in [0.2, 0.25) is 0 Å². The molecule has 0 saturated carbocycles. The Morgan fingerprint density at radius 2 is 2.21 bits per heavy atom. The van der Waals surface area contributed by atoms with Gasteiger partial charge in [0.1, 0.15) is 5.78 Å². The van der Waals surface area contributed by atoms with E-state index in [0.29, 0.717) is 0 Å². The SMILES string of the molecule is CC(=O)C(Br)c1c(C)cccc1CO. The zero-order valence-electron chi connectivity index (χ0n) is 8.25. The first-order valence-corrected chi connectivity index (χ1v) is 5.33. The van der Waals surface area contributed by atoms with Crippen LogP contribution in [0.5, 0.6) is 0 Å². The third-order valence-electron chi connectivity index (χ3n) is 2.20. The van der Waals surface area contributed by atoms with E-state index in [9.17, 15) is 4.79 Å². The van der Waals surface area contributed by atoms with Gasteiger partial charge >= 0.3 is 0 Å². The van der Waals surface area contributed by atoms with Crippen molar-refractivity contribution in [3.63, 3.8) is 0 Å². The lowest BCUT2D eigenvalue weighted by Gasteiger charge is -2.14. The van der Waals surface area contributed by atoms with Crippen molar-refractivity contribution in [2.75, 3.05) is 0 Å². The van der Waals surface area contributed by atoms with E-state index in [1.807, 2.05) is 25.1 Å². The summed E-state index contributed by atoms with van der Waals surface area (Å²) in [6.07, 6.45) is 0. The van der Waals surface area contributed by atoms with Gasteiger partial charge in [0.15, 0.2) is 0 Å². The largest absolute Gasteiger partial charge is 0.392 e. The molecule has 1 unspecified atom stereocenters. The molecule has 0 heterocycles. The summed E-state index contributed by atoms with van der Waals surface area (Å²) in [5.74, 6) is 0.0500. The first-order valence-electron chi connectivity index (χ1n) is 4.41. The number of halogens is 1. The van der Waals surface area contributed by atoms with E-state index >= 15 is 0 Å². The number of benzene rings is 1. The van der Waals surface area contributed by atoms with Crippen LogP contribution in [0.1, 0.15) is 28.4 Å². The number of ketones is 1. The fourth-order valence-corrected chi connectivity index (χ4v) is 2.10. The second-order valence-electron chi connectivity index (χ2n) is 3.28. The Bertz CT molecular complexity index is 347. The zero-order valence-corrected chi connectivity index (χ0v) is 9.84. The van der Waals surface area contributed by atoms with Gasteiger partial charge in [-0.1, -0.05) is 34.1 Å². The predicted molar refractivity (Wildman–Crippen MR) is 59.5 cm³/mol. The first kappa shape index (κ1) is 11.4. The van der Waals surface area contributed by atoms with Crippen molar-refractivity contribution in [1.82, 2.24) is 0 Å². The van der Waals surface area contributed by atoms with E-state index in [-0.39, 0.29) is 17.2 Å². The molecule has 76 valence electrons. The first-order chi connectivity index (χ1) is 6.57. The maximum atomic E-state index is 11.2. The average Bonchev–Trinajstić information content (AvgIpc) is 2.16. The van der Waals surface area contributed by atoms with Crippen LogP contribution in [0.25, 0.3) is 0 Å². The Hall–Kier alpha value is -0.670. The number of aliphatic hydroxyl groups excluding tert-OH is 1. The second-order valence-corrected chi connectivity index (χ2v) is 4.19. The van der Waals surface area contributed by atoms with Crippen molar-refractivity contribution in [1.29, 1.82) is 0 Å². The van der Waals surface area contributed by atoms with Gasteiger partial charge in [-0.15, -0.1) is 0 Å². The molecule has 0 aromatic heterocycles. The molecule has 2 nitrogen and oxygen atoms in total. The Morgan fingerprint density at radius 1 is 1.57 bits per heavy atom. The molecule has 0 aliphatic carbocycles. The minimum Gasteiger partial charge on any atom is -0.392 e. The number of carbonyl (C=O) groups is 1. The fourth-order valence-electron chi connectivity index (χ4n) is 1.45. The predicted octanol–water partition coefficient (Wildman–Crippen LogP) is 2.51.